The molecule has 1 aliphatic rings. The third kappa shape index (κ3) is 3.11. The number of rotatable bonds is 4. The molecule has 0 bridgehead atoms. The lowest BCUT2D eigenvalue weighted by Gasteiger charge is -2.19. The number of hydrogen-bond donors (Lipinski definition) is 1. The van der Waals surface area contributed by atoms with Gasteiger partial charge in [-0.1, -0.05) is 30.3 Å². The molecule has 0 saturated carbocycles. The van der Waals surface area contributed by atoms with Crippen molar-refractivity contribution in [1.29, 1.82) is 0 Å². The fourth-order valence-electron chi connectivity index (χ4n) is 2.93. The minimum absolute atomic E-state index is 0.00653. The Hall–Kier alpha value is -2.82. The number of benzene rings is 2. The molecule has 0 radical (unpaired) electrons. The van der Waals surface area contributed by atoms with Gasteiger partial charge in [0.1, 0.15) is 0 Å². The minimum Gasteiger partial charge on any atom is -0.375 e. The standard InChI is InChI=1S/C19H21N3O2/c1-21(2)19(24)15-8-4-5-9-16(15)20-13-18(23)22-12-11-14-7-3-6-10-17(14)22/h3-10,20H,11-13H2,1-2H3. The first-order valence-corrected chi connectivity index (χ1v) is 8.01. The van der Waals surface area contributed by atoms with E-state index in [1.807, 2.05) is 36.4 Å². The second-order valence-corrected chi connectivity index (χ2v) is 6.02. The van der Waals surface area contributed by atoms with E-state index in [-0.39, 0.29) is 18.4 Å². The second kappa shape index (κ2) is 6.74. The quantitative estimate of drug-likeness (QED) is 0.940. The highest BCUT2D eigenvalue weighted by atomic mass is 16.2. The molecule has 0 aliphatic carbocycles. The molecule has 1 N–H and O–H groups in total. The number of anilines is 2. The predicted octanol–water partition coefficient (Wildman–Crippen LogP) is 2.39. The first-order chi connectivity index (χ1) is 11.6. The Labute approximate surface area is 141 Å². The molecule has 3 rings (SSSR count). The summed E-state index contributed by atoms with van der Waals surface area (Å²) in [5.74, 6) is -0.0795. The van der Waals surface area contributed by atoms with Crippen LogP contribution in [0.5, 0.6) is 0 Å². The maximum atomic E-state index is 12.6. The van der Waals surface area contributed by atoms with Gasteiger partial charge in [-0.2, -0.15) is 0 Å². The topological polar surface area (TPSA) is 52.7 Å². The van der Waals surface area contributed by atoms with E-state index >= 15 is 0 Å². The molecule has 0 atom stereocenters. The van der Waals surface area contributed by atoms with Crippen LogP contribution < -0.4 is 10.2 Å². The molecule has 1 aliphatic heterocycles. The van der Waals surface area contributed by atoms with Gasteiger partial charge in [-0.3, -0.25) is 9.59 Å². The lowest BCUT2D eigenvalue weighted by molar-refractivity contribution is -0.116. The van der Waals surface area contributed by atoms with Crippen molar-refractivity contribution >= 4 is 23.2 Å². The van der Waals surface area contributed by atoms with Crippen molar-refractivity contribution in [3.05, 3.63) is 59.7 Å². The summed E-state index contributed by atoms with van der Waals surface area (Å²) >= 11 is 0. The van der Waals surface area contributed by atoms with Gasteiger partial charge in [0.15, 0.2) is 0 Å². The van der Waals surface area contributed by atoms with Crippen molar-refractivity contribution in [2.75, 3.05) is 37.4 Å². The zero-order chi connectivity index (χ0) is 17.1. The van der Waals surface area contributed by atoms with Gasteiger partial charge in [0.2, 0.25) is 5.91 Å². The first-order valence-electron chi connectivity index (χ1n) is 8.01. The molecule has 0 spiro atoms. The molecule has 0 unspecified atom stereocenters. The maximum absolute atomic E-state index is 12.6. The van der Waals surface area contributed by atoms with E-state index in [1.165, 1.54) is 10.5 Å². The van der Waals surface area contributed by atoms with Gasteiger partial charge in [-0.15, -0.1) is 0 Å². The Bertz CT molecular complexity index is 771. The SMILES string of the molecule is CN(C)C(=O)c1ccccc1NCC(=O)N1CCc2ccccc21. The Morgan fingerprint density at radius 1 is 1.08 bits per heavy atom. The van der Waals surface area contributed by atoms with Crippen molar-refractivity contribution in [3.63, 3.8) is 0 Å². The van der Waals surface area contributed by atoms with Crippen LogP contribution in [-0.2, 0) is 11.2 Å². The van der Waals surface area contributed by atoms with Crippen molar-refractivity contribution in [1.82, 2.24) is 4.90 Å². The van der Waals surface area contributed by atoms with Gasteiger partial charge >= 0.3 is 0 Å². The van der Waals surface area contributed by atoms with Crippen LogP contribution in [0.25, 0.3) is 0 Å². The van der Waals surface area contributed by atoms with E-state index in [9.17, 15) is 9.59 Å². The van der Waals surface area contributed by atoms with Gasteiger partial charge in [0.25, 0.3) is 5.91 Å². The number of nitrogens with one attached hydrogen (secondary N) is 1. The van der Waals surface area contributed by atoms with E-state index in [1.54, 1.807) is 25.1 Å². The molecule has 124 valence electrons. The van der Waals surface area contributed by atoms with Gasteiger partial charge in [-0.05, 0) is 30.2 Å². The van der Waals surface area contributed by atoms with Gasteiger partial charge in [0.05, 0.1) is 12.1 Å². The molecule has 2 aromatic carbocycles. The highest BCUT2D eigenvalue weighted by Crippen LogP contribution is 2.27. The summed E-state index contributed by atoms with van der Waals surface area (Å²) in [5, 5.41) is 3.12. The summed E-state index contributed by atoms with van der Waals surface area (Å²) in [6.45, 7) is 0.865. The molecule has 0 fully saturated rings. The highest BCUT2D eigenvalue weighted by Gasteiger charge is 2.24. The van der Waals surface area contributed by atoms with Crippen LogP contribution in [0.15, 0.2) is 48.5 Å². The first kappa shape index (κ1) is 16.1. The van der Waals surface area contributed by atoms with Crippen LogP contribution in [-0.4, -0.2) is 43.9 Å². The summed E-state index contributed by atoms with van der Waals surface area (Å²) in [6.07, 6.45) is 0.887. The van der Waals surface area contributed by atoms with E-state index in [2.05, 4.69) is 11.4 Å². The lowest BCUT2D eigenvalue weighted by Crippen LogP contribution is -2.34. The van der Waals surface area contributed by atoms with Gasteiger partial charge in [-0.25, -0.2) is 0 Å². The average molecular weight is 323 g/mol. The maximum Gasteiger partial charge on any atom is 0.255 e. The number of para-hydroxylation sites is 2. The molecular formula is C19H21N3O2. The summed E-state index contributed by atoms with van der Waals surface area (Å²) < 4.78 is 0. The fraction of sp³-hybridized carbons (Fsp3) is 0.263. The number of nitrogens with zero attached hydrogens (tertiary/aromatic N) is 2. The normalized spacial score (nSPS) is 12.7. The molecule has 5 heteroatoms. The van der Waals surface area contributed by atoms with Gasteiger partial charge < -0.3 is 15.1 Å². The van der Waals surface area contributed by atoms with Crippen molar-refractivity contribution in [2.45, 2.75) is 6.42 Å². The van der Waals surface area contributed by atoms with Crippen molar-refractivity contribution in [3.8, 4) is 0 Å². The third-order valence-corrected chi connectivity index (χ3v) is 4.18. The van der Waals surface area contributed by atoms with Crippen molar-refractivity contribution in [2.24, 2.45) is 0 Å². The number of hydrogen-bond acceptors (Lipinski definition) is 3. The summed E-state index contributed by atoms with van der Waals surface area (Å²) in [4.78, 5) is 28.1. The van der Waals surface area contributed by atoms with Crippen LogP contribution in [0.4, 0.5) is 11.4 Å². The van der Waals surface area contributed by atoms with Gasteiger partial charge in [0, 0.05) is 32.0 Å². The van der Waals surface area contributed by atoms with E-state index in [4.69, 9.17) is 0 Å². The molecule has 0 aromatic heterocycles. The highest BCUT2D eigenvalue weighted by molar-refractivity contribution is 6.01. The predicted molar refractivity (Wildman–Crippen MR) is 95.4 cm³/mol. The van der Waals surface area contributed by atoms with E-state index < -0.39 is 0 Å². The van der Waals surface area contributed by atoms with Crippen LogP contribution >= 0.6 is 0 Å². The number of amides is 2. The zero-order valence-electron chi connectivity index (χ0n) is 14.0. The summed E-state index contributed by atoms with van der Waals surface area (Å²) in [6, 6.07) is 15.2. The molecule has 24 heavy (non-hydrogen) atoms. The smallest absolute Gasteiger partial charge is 0.255 e. The molecular weight excluding hydrogens is 302 g/mol. The average Bonchev–Trinajstić information content (AvgIpc) is 3.03. The molecule has 5 nitrogen and oxygen atoms in total. The Kier molecular flexibility index (Phi) is 4.51. The molecule has 1 heterocycles. The Morgan fingerprint density at radius 3 is 2.58 bits per heavy atom. The van der Waals surface area contributed by atoms with Crippen LogP contribution in [0.3, 0.4) is 0 Å². The Morgan fingerprint density at radius 2 is 1.79 bits per heavy atom. The third-order valence-electron chi connectivity index (χ3n) is 4.18. The van der Waals surface area contributed by atoms with Crippen LogP contribution in [0.1, 0.15) is 15.9 Å². The fourth-order valence-corrected chi connectivity index (χ4v) is 2.93. The zero-order valence-corrected chi connectivity index (χ0v) is 14.0. The number of carbonyl (C=O) groups excluding carboxylic acids is 2. The van der Waals surface area contributed by atoms with Crippen LogP contribution in [0.2, 0.25) is 0 Å². The van der Waals surface area contributed by atoms with Crippen LogP contribution in [0, 0.1) is 0 Å². The molecule has 2 aromatic rings. The van der Waals surface area contributed by atoms with E-state index in [0.29, 0.717) is 17.8 Å². The number of carbonyl (C=O) groups is 2. The second-order valence-electron chi connectivity index (χ2n) is 6.02. The van der Waals surface area contributed by atoms with Crippen molar-refractivity contribution < 1.29 is 9.59 Å². The molecule has 2 amide bonds. The summed E-state index contributed by atoms with van der Waals surface area (Å²) in [7, 11) is 3.43. The molecule has 0 saturated heterocycles. The minimum atomic E-state index is -0.0860. The number of fused-ring (bicyclic) bond motifs is 1. The lowest BCUT2D eigenvalue weighted by atomic mass is 10.1. The Balaban J connectivity index is 1.71. The largest absolute Gasteiger partial charge is 0.375 e. The monoisotopic (exact) mass is 323 g/mol. The summed E-state index contributed by atoms with van der Waals surface area (Å²) in [5.41, 5.74) is 3.44. The van der Waals surface area contributed by atoms with E-state index in [0.717, 1.165) is 12.1 Å².